The lowest BCUT2D eigenvalue weighted by atomic mass is 10.2. The lowest BCUT2D eigenvalue weighted by molar-refractivity contribution is 0.298. The van der Waals surface area contributed by atoms with Gasteiger partial charge >= 0.3 is 0 Å². The molecule has 0 bridgehead atoms. The summed E-state index contributed by atoms with van der Waals surface area (Å²) < 4.78 is 19.0. The first-order valence-electron chi connectivity index (χ1n) is 5.41. The Morgan fingerprint density at radius 2 is 2.11 bits per heavy atom. The van der Waals surface area contributed by atoms with Gasteiger partial charge in [-0.05, 0) is 18.2 Å². The minimum absolute atomic E-state index is 0.0905. The van der Waals surface area contributed by atoms with E-state index in [-0.39, 0.29) is 11.6 Å². The fourth-order valence-corrected chi connectivity index (χ4v) is 1.63. The maximum Gasteiger partial charge on any atom is 0.148 e. The zero-order chi connectivity index (χ0) is 13.0. The zero-order valence-corrected chi connectivity index (χ0v) is 10.3. The summed E-state index contributed by atoms with van der Waals surface area (Å²) >= 11 is 5.68. The van der Waals surface area contributed by atoms with Crippen molar-refractivity contribution in [2.24, 2.45) is 5.73 Å². The van der Waals surface area contributed by atoms with Crippen LogP contribution in [0.2, 0.25) is 5.02 Å². The molecule has 0 fully saturated rings. The summed E-state index contributed by atoms with van der Waals surface area (Å²) in [5, 5.41) is 0.0905. The number of hydrogen-bond acceptors (Lipinski definition) is 3. The van der Waals surface area contributed by atoms with Crippen molar-refractivity contribution >= 4 is 11.6 Å². The van der Waals surface area contributed by atoms with Gasteiger partial charge in [0.2, 0.25) is 0 Å². The second-order valence-electron chi connectivity index (χ2n) is 3.69. The van der Waals surface area contributed by atoms with Crippen LogP contribution in [0.25, 0.3) is 0 Å². The third-order valence-electron chi connectivity index (χ3n) is 2.43. The van der Waals surface area contributed by atoms with E-state index in [4.69, 9.17) is 22.1 Å². The second kappa shape index (κ2) is 5.80. The van der Waals surface area contributed by atoms with E-state index in [1.54, 1.807) is 30.5 Å². The van der Waals surface area contributed by atoms with Crippen LogP contribution in [-0.2, 0) is 13.2 Å². The van der Waals surface area contributed by atoms with Crippen LogP contribution in [0.3, 0.4) is 0 Å². The third-order valence-corrected chi connectivity index (χ3v) is 2.72. The first-order chi connectivity index (χ1) is 8.70. The van der Waals surface area contributed by atoms with Crippen molar-refractivity contribution < 1.29 is 9.13 Å². The van der Waals surface area contributed by atoms with Gasteiger partial charge in [0.05, 0.1) is 16.9 Å². The number of nitrogens with zero attached hydrogens (tertiary/aromatic N) is 1. The maximum atomic E-state index is 13.6. The summed E-state index contributed by atoms with van der Waals surface area (Å²) in [6, 6.07) is 8.32. The van der Waals surface area contributed by atoms with Crippen LogP contribution in [0, 0.1) is 5.82 Å². The monoisotopic (exact) mass is 266 g/mol. The van der Waals surface area contributed by atoms with Crippen LogP contribution in [-0.4, -0.2) is 4.98 Å². The summed E-state index contributed by atoms with van der Waals surface area (Å²) in [4.78, 5) is 4.08. The molecule has 1 aromatic carbocycles. The Kier molecular flexibility index (Phi) is 4.12. The van der Waals surface area contributed by atoms with Crippen molar-refractivity contribution in [1.29, 1.82) is 0 Å². The Labute approximate surface area is 109 Å². The van der Waals surface area contributed by atoms with E-state index < -0.39 is 5.82 Å². The van der Waals surface area contributed by atoms with Crippen molar-refractivity contribution in [3.8, 4) is 5.75 Å². The Morgan fingerprint density at radius 1 is 1.28 bits per heavy atom. The fourth-order valence-electron chi connectivity index (χ4n) is 1.44. The van der Waals surface area contributed by atoms with E-state index in [9.17, 15) is 4.39 Å². The Hall–Kier alpha value is -1.65. The first-order valence-corrected chi connectivity index (χ1v) is 5.79. The molecule has 3 nitrogen and oxygen atoms in total. The van der Waals surface area contributed by atoms with Gasteiger partial charge in [0.25, 0.3) is 0 Å². The van der Waals surface area contributed by atoms with Gasteiger partial charge in [0.1, 0.15) is 18.2 Å². The molecule has 0 saturated heterocycles. The molecule has 0 unspecified atom stereocenters. The Bertz CT molecular complexity index is 531. The number of benzene rings is 1. The maximum absolute atomic E-state index is 13.6. The van der Waals surface area contributed by atoms with E-state index in [1.807, 2.05) is 0 Å². The highest BCUT2D eigenvalue weighted by molar-refractivity contribution is 6.30. The topological polar surface area (TPSA) is 48.1 Å². The number of halogens is 2. The molecule has 94 valence electrons. The van der Waals surface area contributed by atoms with Gasteiger partial charge in [-0.2, -0.15) is 0 Å². The molecule has 0 atom stereocenters. The van der Waals surface area contributed by atoms with Crippen LogP contribution >= 0.6 is 11.6 Å². The SMILES string of the molecule is NCc1ccc(OCc2cccc(Cl)c2F)cn1. The van der Waals surface area contributed by atoms with Gasteiger partial charge in [-0.3, -0.25) is 4.98 Å². The summed E-state index contributed by atoms with van der Waals surface area (Å²) in [5.41, 5.74) is 6.62. The molecule has 5 heteroatoms. The standard InChI is InChI=1S/C13H12ClFN2O/c14-12-3-1-2-9(13(12)15)8-18-11-5-4-10(6-16)17-7-11/h1-5,7H,6,8,16H2. The molecule has 2 rings (SSSR count). The molecule has 0 spiro atoms. The van der Waals surface area contributed by atoms with Gasteiger partial charge < -0.3 is 10.5 Å². The third kappa shape index (κ3) is 2.97. The number of aromatic nitrogens is 1. The largest absolute Gasteiger partial charge is 0.487 e. The van der Waals surface area contributed by atoms with Gasteiger partial charge in [0, 0.05) is 12.1 Å². The average Bonchev–Trinajstić information content (AvgIpc) is 2.41. The summed E-state index contributed by atoms with van der Waals surface area (Å²) in [5.74, 6) is 0.109. The number of hydrogen-bond donors (Lipinski definition) is 1. The lowest BCUT2D eigenvalue weighted by Crippen LogP contribution is -2.01. The smallest absolute Gasteiger partial charge is 0.148 e. The summed E-state index contributed by atoms with van der Waals surface area (Å²) in [7, 11) is 0. The van der Waals surface area contributed by atoms with Crippen molar-refractivity contribution in [3.63, 3.8) is 0 Å². The molecule has 0 aliphatic heterocycles. The van der Waals surface area contributed by atoms with E-state index >= 15 is 0 Å². The van der Waals surface area contributed by atoms with Gasteiger partial charge in [-0.15, -0.1) is 0 Å². The summed E-state index contributed by atoms with van der Waals surface area (Å²) in [6.45, 7) is 0.485. The van der Waals surface area contributed by atoms with Crippen LogP contribution in [0.4, 0.5) is 4.39 Å². The van der Waals surface area contributed by atoms with Gasteiger partial charge in [-0.25, -0.2) is 4.39 Å². The predicted molar refractivity (Wildman–Crippen MR) is 67.9 cm³/mol. The molecule has 0 amide bonds. The van der Waals surface area contributed by atoms with E-state index in [0.717, 1.165) is 5.69 Å². The molecule has 2 N–H and O–H groups in total. The summed E-state index contributed by atoms with van der Waals surface area (Å²) in [6.07, 6.45) is 1.56. The van der Waals surface area contributed by atoms with Crippen molar-refractivity contribution in [3.05, 3.63) is 58.6 Å². The molecule has 0 aliphatic carbocycles. The number of rotatable bonds is 4. The molecule has 18 heavy (non-hydrogen) atoms. The van der Waals surface area contributed by atoms with E-state index in [2.05, 4.69) is 4.98 Å². The molecule has 2 aromatic rings. The van der Waals surface area contributed by atoms with E-state index in [0.29, 0.717) is 17.9 Å². The highest BCUT2D eigenvalue weighted by atomic mass is 35.5. The van der Waals surface area contributed by atoms with Crippen LogP contribution in [0.5, 0.6) is 5.75 Å². The molecular formula is C13H12ClFN2O. The van der Waals surface area contributed by atoms with Gasteiger partial charge in [-0.1, -0.05) is 23.7 Å². The molecular weight excluding hydrogens is 255 g/mol. The average molecular weight is 267 g/mol. The Balaban J connectivity index is 2.04. The Morgan fingerprint density at radius 3 is 2.78 bits per heavy atom. The fraction of sp³-hybridized carbons (Fsp3) is 0.154. The minimum atomic E-state index is -0.453. The molecule has 0 radical (unpaired) electrons. The van der Waals surface area contributed by atoms with Crippen LogP contribution < -0.4 is 10.5 Å². The second-order valence-corrected chi connectivity index (χ2v) is 4.10. The predicted octanol–water partition coefficient (Wildman–Crippen LogP) is 2.91. The van der Waals surface area contributed by atoms with Crippen molar-refractivity contribution in [2.75, 3.05) is 0 Å². The van der Waals surface area contributed by atoms with E-state index in [1.165, 1.54) is 6.07 Å². The van der Waals surface area contributed by atoms with Gasteiger partial charge in [0.15, 0.2) is 0 Å². The minimum Gasteiger partial charge on any atom is -0.487 e. The number of pyridine rings is 1. The molecule has 0 saturated carbocycles. The van der Waals surface area contributed by atoms with Crippen LogP contribution in [0.15, 0.2) is 36.5 Å². The van der Waals surface area contributed by atoms with Crippen LogP contribution in [0.1, 0.15) is 11.3 Å². The van der Waals surface area contributed by atoms with Crippen molar-refractivity contribution in [1.82, 2.24) is 4.98 Å². The highest BCUT2D eigenvalue weighted by Crippen LogP contribution is 2.19. The number of ether oxygens (including phenoxy) is 1. The first kappa shape index (κ1) is 12.8. The molecule has 1 heterocycles. The molecule has 0 aliphatic rings. The lowest BCUT2D eigenvalue weighted by Gasteiger charge is -2.07. The quantitative estimate of drug-likeness (QED) is 0.926. The normalized spacial score (nSPS) is 10.4. The van der Waals surface area contributed by atoms with Crippen molar-refractivity contribution in [2.45, 2.75) is 13.2 Å². The molecule has 1 aromatic heterocycles. The highest BCUT2D eigenvalue weighted by Gasteiger charge is 2.06. The zero-order valence-electron chi connectivity index (χ0n) is 9.57. The number of nitrogens with two attached hydrogens (primary N) is 1.